The monoisotopic (exact) mass is 960 g/mol. The average molecular weight is 961 g/mol. The molecule has 12 heteroatoms. The Morgan fingerprint density at radius 3 is 1.08 bits per heavy atom. The van der Waals surface area contributed by atoms with Gasteiger partial charge in [0.15, 0.2) is 0 Å². The summed E-state index contributed by atoms with van der Waals surface area (Å²) in [5.74, 6) is 2.13. The Morgan fingerprint density at radius 1 is 0.403 bits per heavy atom. The van der Waals surface area contributed by atoms with Crippen LogP contribution < -0.4 is 28.7 Å². The van der Waals surface area contributed by atoms with E-state index in [0.717, 1.165) is 105 Å². The molecule has 0 heterocycles. The Morgan fingerprint density at radius 2 is 0.736 bits per heavy atom. The van der Waals surface area contributed by atoms with Gasteiger partial charge in [0.1, 0.15) is 73.1 Å². The quantitative estimate of drug-likeness (QED) is 0.0507. The lowest BCUT2D eigenvalue weighted by atomic mass is 10.1. The second kappa shape index (κ2) is 23.2. The maximum absolute atomic E-state index is 11.1. The van der Waals surface area contributed by atoms with Crippen LogP contribution in [-0.2, 0) is 0 Å². The predicted octanol–water partition coefficient (Wildman–Crippen LogP) is 10.7. The summed E-state index contributed by atoms with van der Waals surface area (Å²) >= 11 is 0. The molecule has 0 saturated carbocycles. The van der Waals surface area contributed by atoms with Crippen LogP contribution in [0.4, 0.5) is 11.4 Å². The molecule has 9 rings (SSSR count). The number of aliphatic hydroxyl groups excluding tert-OH is 2. The largest absolute Gasteiger partial charge is 0.491 e. The highest BCUT2D eigenvalue weighted by Crippen LogP contribution is 2.38. The van der Waals surface area contributed by atoms with E-state index in [1.807, 2.05) is 84.9 Å². The highest BCUT2D eigenvalue weighted by Gasteiger charge is 2.25. The van der Waals surface area contributed by atoms with E-state index in [1.54, 1.807) is 36.7 Å². The fourth-order valence-electron chi connectivity index (χ4n) is 9.09. The standard InChI is InChI=1S/C60H60N6O6/c1-5-65(6-2)43-30-28-41(35-61-63-59-53-24-13-9-20-49(53)50-21-10-14-25-54(50)59)57(32-43)71-39-45(67)37-69-47-18-17-19-48(34-47)70-38-46(68)40-72-58-33-44(66(7-3)8-4)31-29-42(58)36-62-64-60-55-26-15-11-22-51(55)52-23-12-16-27-56(52)60/h9-36,45-46,67-68H,5-8,37-40H2,1-4H3. The van der Waals surface area contributed by atoms with Gasteiger partial charge < -0.3 is 39.0 Å². The van der Waals surface area contributed by atoms with Crippen molar-refractivity contribution < 1.29 is 29.2 Å². The van der Waals surface area contributed by atoms with Crippen LogP contribution in [0.25, 0.3) is 22.3 Å². The van der Waals surface area contributed by atoms with Gasteiger partial charge in [-0.3, -0.25) is 0 Å². The minimum Gasteiger partial charge on any atom is -0.491 e. The number of benzene rings is 7. The minimum atomic E-state index is -0.957. The van der Waals surface area contributed by atoms with Crippen LogP contribution in [0.2, 0.25) is 0 Å². The van der Waals surface area contributed by atoms with Gasteiger partial charge in [-0.15, -0.1) is 10.2 Å². The molecule has 0 fully saturated rings. The summed E-state index contributed by atoms with van der Waals surface area (Å²) in [7, 11) is 0. The highest BCUT2D eigenvalue weighted by atomic mass is 16.5. The van der Waals surface area contributed by atoms with Crippen LogP contribution in [-0.4, -0.2) is 98.9 Å². The van der Waals surface area contributed by atoms with Crippen LogP contribution in [0.1, 0.15) is 61.1 Å². The SMILES string of the molecule is CCN(CC)c1ccc(C=NN=C2c3ccccc3-c3ccccc32)c(OCC(O)COc2cccc(OCC(O)COc3cc(N(CC)CC)ccc3C=NN=C3c4ccccc4-c4ccccc43)c2)c1. The van der Waals surface area contributed by atoms with Gasteiger partial charge in [0.2, 0.25) is 0 Å². The molecule has 12 nitrogen and oxygen atoms in total. The maximum atomic E-state index is 11.1. The molecule has 7 aromatic rings. The van der Waals surface area contributed by atoms with Crippen LogP contribution in [0.5, 0.6) is 23.0 Å². The molecule has 0 radical (unpaired) electrons. The molecule has 72 heavy (non-hydrogen) atoms. The van der Waals surface area contributed by atoms with Crippen LogP contribution in [0.3, 0.4) is 0 Å². The second-order valence-electron chi connectivity index (χ2n) is 17.4. The van der Waals surface area contributed by atoms with Gasteiger partial charge in [-0.1, -0.05) is 103 Å². The molecule has 2 atom stereocenters. The second-order valence-corrected chi connectivity index (χ2v) is 17.4. The summed E-state index contributed by atoms with van der Waals surface area (Å²) in [5, 5.41) is 40.7. The van der Waals surface area contributed by atoms with E-state index in [0.29, 0.717) is 23.0 Å². The van der Waals surface area contributed by atoms with E-state index in [4.69, 9.17) is 29.2 Å². The summed E-state index contributed by atoms with van der Waals surface area (Å²) in [6.07, 6.45) is 1.47. The number of nitrogens with zero attached hydrogens (tertiary/aromatic N) is 6. The van der Waals surface area contributed by atoms with Crippen LogP contribution >= 0.6 is 0 Å². The highest BCUT2D eigenvalue weighted by molar-refractivity contribution is 6.25. The first-order valence-electron chi connectivity index (χ1n) is 24.7. The Bertz CT molecular complexity index is 2820. The molecular formula is C60H60N6O6. The molecule has 2 aliphatic rings. The summed E-state index contributed by atoms with van der Waals surface area (Å²) in [4.78, 5) is 4.46. The summed E-state index contributed by atoms with van der Waals surface area (Å²) < 4.78 is 24.5. The maximum Gasteiger partial charge on any atom is 0.130 e. The Hall–Kier alpha value is -8.06. The Labute approximate surface area is 421 Å². The van der Waals surface area contributed by atoms with Gasteiger partial charge in [0.05, 0.1) is 12.4 Å². The van der Waals surface area contributed by atoms with Crippen LogP contribution in [0.15, 0.2) is 178 Å². The molecule has 7 aromatic carbocycles. The summed E-state index contributed by atoms with van der Waals surface area (Å²) in [5.41, 5.74) is 13.8. The van der Waals surface area contributed by atoms with Gasteiger partial charge in [0.25, 0.3) is 0 Å². The van der Waals surface area contributed by atoms with Gasteiger partial charge in [-0.2, -0.15) is 10.2 Å². The average Bonchev–Trinajstić information content (AvgIpc) is 3.92. The van der Waals surface area contributed by atoms with Crippen molar-refractivity contribution >= 4 is 35.2 Å². The van der Waals surface area contributed by atoms with E-state index in [-0.39, 0.29) is 26.4 Å². The molecule has 2 aliphatic carbocycles. The summed E-state index contributed by atoms with van der Waals surface area (Å²) in [6, 6.07) is 51.9. The third-order valence-electron chi connectivity index (χ3n) is 12.8. The lowest BCUT2D eigenvalue weighted by molar-refractivity contribution is 0.0600. The zero-order chi connectivity index (χ0) is 49.8. The van der Waals surface area contributed by atoms with E-state index in [2.05, 4.69) is 96.2 Å². The molecule has 0 spiro atoms. The number of fused-ring (bicyclic) bond motifs is 6. The van der Waals surface area contributed by atoms with Gasteiger partial charge in [-0.05, 0) is 86.3 Å². The molecule has 0 aromatic heterocycles. The molecule has 2 N–H and O–H groups in total. The van der Waals surface area contributed by atoms with Crippen molar-refractivity contribution in [2.24, 2.45) is 20.4 Å². The molecule has 0 bridgehead atoms. The van der Waals surface area contributed by atoms with Crippen molar-refractivity contribution in [3.63, 3.8) is 0 Å². The van der Waals surface area contributed by atoms with Crippen molar-refractivity contribution in [3.8, 4) is 45.3 Å². The zero-order valence-electron chi connectivity index (χ0n) is 41.2. The third-order valence-corrected chi connectivity index (χ3v) is 12.8. The molecular weight excluding hydrogens is 901 g/mol. The first kappa shape index (κ1) is 48.9. The van der Waals surface area contributed by atoms with Crippen LogP contribution in [0, 0.1) is 0 Å². The van der Waals surface area contributed by atoms with Crippen molar-refractivity contribution in [2.45, 2.75) is 39.9 Å². The van der Waals surface area contributed by atoms with E-state index in [9.17, 15) is 10.2 Å². The lowest BCUT2D eigenvalue weighted by Crippen LogP contribution is -2.26. The molecule has 366 valence electrons. The Kier molecular flexibility index (Phi) is 15.8. The summed E-state index contributed by atoms with van der Waals surface area (Å²) in [6.45, 7) is 11.6. The zero-order valence-corrected chi connectivity index (χ0v) is 41.2. The molecule has 0 saturated heterocycles. The molecule has 0 aliphatic heterocycles. The number of hydrogen-bond acceptors (Lipinski definition) is 12. The normalized spacial score (nSPS) is 13.0. The van der Waals surface area contributed by atoms with E-state index >= 15 is 0 Å². The fourth-order valence-corrected chi connectivity index (χ4v) is 9.09. The van der Waals surface area contributed by atoms with Crippen molar-refractivity contribution in [3.05, 3.63) is 191 Å². The fraction of sp³-hybridized carbons (Fsp3) is 0.233. The molecule has 2 unspecified atom stereocenters. The molecule has 0 amide bonds. The van der Waals surface area contributed by atoms with Gasteiger partial charge >= 0.3 is 0 Å². The van der Waals surface area contributed by atoms with Crippen molar-refractivity contribution in [1.82, 2.24) is 0 Å². The first-order valence-corrected chi connectivity index (χ1v) is 24.7. The smallest absolute Gasteiger partial charge is 0.130 e. The van der Waals surface area contributed by atoms with Crippen molar-refractivity contribution in [2.75, 3.05) is 62.4 Å². The Balaban J connectivity index is 0.807. The minimum absolute atomic E-state index is 0.0249. The number of aliphatic hydroxyl groups is 2. The number of ether oxygens (including phenoxy) is 4. The number of rotatable bonds is 22. The number of anilines is 2. The van der Waals surface area contributed by atoms with Crippen molar-refractivity contribution in [1.29, 1.82) is 0 Å². The van der Waals surface area contributed by atoms with Gasteiger partial charge in [-0.25, -0.2) is 0 Å². The topological polar surface area (TPSA) is 133 Å². The number of hydrogen-bond donors (Lipinski definition) is 2. The van der Waals surface area contributed by atoms with E-state index in [1.165, 1.54) is 0 Å². The predicted molar refractivity (Wildman–Crippen MR) is 291 cm³/mol. The van der Waals surface area contributed by atoms with E-state index < -0.39 is 12.2 Å². The third kappa shape index (κ3) is 11.1. The first-order chi connectivity index (χ1) is 35.3. The lowest BCUT2D eigenvalue weighted by Gasteiger charge is -2.23. The van der Waals surface area contributed by atoms with Gasteiger partial charge in [0, 0.05) is 89.1 Å².